The van der Waals surface area contributed by atoms with Gasteiger partial charge in [-0.1, -0.05) is 0 Å². The molecule has 0 aliphatic carbocycles. The van der Waals surface area contributed by atoms with Crippen molar-refractivity contribution in [3.8, 4) is 0 Å². The van der Waals surface area contributed by atoms with Gasteiger partial charge in [-0.3, -0.25) is 0 Å². The highest BCUT2D eigenvalue weighted by molar-refractivity contribution is 5.29. The van der Waals surface area contributed by atoms with E-state index in [9.17, 15) is 0 Å². The molecule has 0 radical (unpaired) electrons. The SMILES string of the molecule is Cc1cc(CC[C@@H]2CN(c3ncccn3)CCO2)ncn1. The van der Waals surface area contributed by atoms with Crippen molar-refractivity contribution in [1.82, 2.24) is 19.9 Å². The minimum Gasteiger partial charge on any atom is -0.375 e. The first-order valence-electron chi connectivity index (χ1n) is 7.22. The van der Waals surface area contributed by atoms with Gasteiger partial charge in [0.25, 0.3) is 0 Å². The third-order valence-electron chi connectivity index (χ3n) is 3.56. The summed E-state index contributed by atoms with van der Waals surface area (Å²) in [7, 11) is 0. The molecule has 2 aromatic heterocycles. The number of aromatic nitrogens is 4. The van der Waals surface area contributed by atoms with Gasteiger partial charge in [0.2, 0.25) is 5.95 Å². The maximum Gasteiger partial charge on any atom is 0.225 e. The lowest BCUT2D eigenvalue weighted by Crippen LogP contribution is -2.43. The Labute approximate surface area is 124 Å². The van der Waals surface area contributed by atoms with Crippen molar-refractivity contribution >= 4 is 5.95 Å². The van der Waals surface area contributed by atoms with Crippen molar-refractivity contribution in [1.29, 1.82) is 0 Å². The van der Waals surface area contributed by atoms with Crippen LogP contribution in [0.4, 0.5) is 5.95 Å². The van der Waals surface area contributed by atoms with Gasteiger partial charge in [-0.05, 0) is 31.9 Å². The van der Waals surface area contributed by atoms with Crippen LogP contribution in [-0.4, -0.2) is 45.7 Å². The highest BCUT2D eigenvalue weighted by atomic mass is 16.5. The van der Waals surface area contributed by atoms with Crippen LogP contribution in [0, 0.1) is 6.92 Å². The zero-order valence-electron chi connectivity index (χ0n) is 12.1. The second-order valence-corrected chi connectivity index (χ2v) is 5.18. The summed E-state index contributed by atoms with van der Waals surface area (Å²) in [5.74, 6) is 0.781. The fraction of sp³-hybridized carbons (Fsp3) is 0.467. The summed E-state index contributed by atoms with van der Waals surface area (Å²) in [6.45, 7) is 4.36. The molecule has 0 saturated carbocycles. The molecule has 0 unspecified atom stereocenters. The Kier molecular flexibility index (Phi) is 4.35. The Balaban J connectivity index is 1.57. The first-order valence-corrected chi connectivity index (χ1v) is 7.22. The maximum absolute atomic E-state index is 5.84. The molecule has 3 rings (SSSR count). The van der Waals surface area contributed by atoms with Crippen molar-refractivity contribution < 1.29 is 4.74 Å². The van der Waals surface area contributed by atoms with Crippen LogP contribution in [0.2, 0.25) is 0 Å². The van der Waals surface area contributed by atoms with Crippen LogP contribution in [0.3, 0.4) is 0 Å². The Morgan fingerprint density at radius 3 is 2.90 bits per heavy atom. The van der Waals surface area contributed by atoms with E-state index in [0.717, 1.165) is 43.3 Å². The predicted molar refractivity (Wildman–Crippen MR) is 79.1 cm³/mol. The molecule has 1 fully saturated rings. The molecule has 0 N–H and O–H groups in total. The number of rotatable bonds is 4. The lowest BCUT2D eigenvalue weighted by molar-refractivity contribution is 0.0348. The summed E-state index contributed by atoms with van der Waals surface area (Å²) in [6, 6.07) is 3.86. The van der Waals surface area contributed by atoms with Crippen molar-refractivity contribution in [3.05, 3.63) is 42.2 Å². The van der Waals surface area contributed by atoms with Crippen LogP contribution < -0.4 is 4.90 Å². The molecule has 1 atom stereocenters. The largest absolute Gasteiger partial charge is 0.375 e. The zero-order chi connectivity index (χ0) is 14.5. The lowest BCUT2D eigenvalue weighted by atomic mass is 10.1. The lowest BCUT2D eigenvalue weighted by Gasteiger charge is -2.32. The van der Waals surface area contributed by atoms with Crippen molar-refractivity contribution in [2.75, 3.05) is 24.6 Å². The van der Waals surface area contributed by atoms with E-state index >= 15 is 0 Å². The van der Waals surface area contributed by atoms with E-state index in [0.29, 0.717) is 6.61 Å². The van der Waals surface area contributed by atoms with E-state index in [-0.39, 0.29) is 6.10 Å². The third-order valence-corrected chi connectivity index (χ3v) is 3.56. The monoisotopic (exact) mass is 285 g/mol. The molecule has 3 heterocycles. The smallest absolute Gasteiger partial charge is 0.225 e. The van der Waals surface area contributed by atoms with Gasteiger partial charge < -0.3 is 9.64 Å². The molecule has 110 valence electrons. The highest BCUT2D eigenvalue weighted by Gasteiger charge is 2.22. The molecular weight excluding hydrogens is 266 g/mol. The normalized spacial score (nSPS) is 18.7. The summed E-state index contributed by atoms with van der Waals surface area (Å²) < 4.78 is 5.84. The molecule has 6 heteroatoms. The Hall–Kier alpha value is -2.08. The third kappa shape index (κ3) is 3.72. The molecule has 0 amide bonds. The van der Waals surface area contributed by atoms with Gasteiger partial charge in [-0.2, -0.15) is 0 Å². The first-order chi connectivity index (χ1) is 10.3. The molecule has 0 spiro atoms. The minimum atomic E-state index is 0.192. The molecule has 1 aliphatic heterocycles. The first kappa shape index (κ1) is 13.9. The van der Waals surface area contributed by atoms with Crippen LogP contribution in [0.1, 0.15) is 17.8 Å². The van der Waals surface area contributed by atoms with Crippen LogP contribution in [-0.2, 0) is 11.2 Å². The van der Waals surface area contributed by atoms with Crippen LogP contribution in [0.15, 0.2) is 30.9 Å². The quantitative estimate of drug-likeness (QED) is 0.846. The van der Waals surface area contributed by atoms with Gasteiger partial charge >= 0.3 is 0 Å². The second kappa shape index (κ2) is 6.58. The Morgan fingerprint density at radius 2 is 2.10 bits per heavy atom. The number of anilines is 1. The van der Waals surface area contributed by atoms with Gasteiger partial charge in [-0.25, -0.2) is 19.9 Å². The maximum atomic E-state index is 5.84. The topological polar surface area (TPSA) is 64.0 Å². The molecule has 1 saturated heterocycles. The average Bonchev–Trinajstić information content (AvgIpc) is 2.54. The standard InChI is InChI=1S/C15H19N5O/c1-12-9-13(19-11-18-12)3-4-14-10-20(7-8-21-14)15-16-5-2-6-17-15/h2,5-6,9,11,14H,3-4,7-8,10H2,1H3/t14-/m1/s1. The summed E-state index contributed by atoms with van der Waals surface area (Å²) in [5.41, 5.74) is 2.07. The Bertz CT molecular complexity index is 577. The van der Waals surface area contributed by atoms with Gasteiger partial charge in [0, 0.05) is 36.9 Å². The highest BCUT2D eigenvalue weighted by Crippen LogP contribution is 2.15. The number of ether oxygens (including phenoxy) is 1. The van der Waals surface area contributed by atoms with Crippen molar-refractivity contribution in [2.24, 2.45) is 0 Å². The molecule has 2 aromatic rings. The van der Waals surface area contributed by atoms with E-state index in [1.165, 1.54) is 0 Å². The van der Waals surface area contributed by atoms with Crippen molar-refractivity contribution in [2.45, 2.75) is 25.9 Å². The number of hydrogen-bond donors (Lipinski definition) is 0. The molecule has 0 aromatic carbocycles. The van der Waals surface area contributed by atoms with Crippen LogP contribution in [0.5, 0.6) is 0 Å². The van der Waals surface area contributed by atoms with Gasteiger partial charge in [0.15, 0.2) is 0 Å². The van der Waals surface area contributed by atoms with Crippen molar-refractivity contribution in [3.63, 3.8) is 0 Å². The molecule has 1 aliphatic rings. The molecular formula is C15H19N5O. The summed E-state index contributed by atoms with van der Waals surface area (Å²) in [6.07, 6.45) is 7.21. The predicted octanol–water partition coefficient (Wildman–Crippen LogP) is 1.41. The fourth-order valence-electron chi connectivity index (χ4n) is 2.49. The van der Waals surface area contributed by atoms with E-state index in [1.54, 1.807) is 18.7 Å². The van der Waals surface area contributed by atoms with E-state index in [2.05, 4.69) is 24.8 Å². The second-order valence-electron chi connectivity index (χ2n) is 5.18. The zero-order valence-corrected chi connectivity index (χ0v) is 12.1. The number of hydrogen-bond acceptors (Lipinski definition) is 6. The van der Waals surface area contributed by atoms with Gasteiger partial charge in [-0.15, -0.1) is 0 Å². The molecule has 0 bridgehead atoms. The number of aryl methyl sites for hydroxylation is 2. The molecule has 21 heavy (non-hydrogen) atoms. The van der Waals surface area contributed by atoms with E-state index in [4.69, 9.17) is 4.74 Å². The van der Waals surface area contributed by atoms with Crippen LogP contribution in [0.25, 0.3) is 0 Å². The van der Waals surface area contributed by atoms with Crippen LogP contribution >= 0.6 is 0 Å². The van der Waals surface area contributed by atoms with Gasteiger partial charge in [0.1, 0.15) is 6.33 Å². The summed E-state index contributed by atoms with van der Waals surface area (Å²) in [4.78, 5) is 19.2. The van der Waals surface area contributed by atoms with E-state index in [1.807, 2.05) is 19.1 Å². The Morgan fingerprint density at radius 1 is 1.24 bits per heavy atom. The number of nitrogens with zero attached hydrogens (tertiary/aromatic N) is 5. The summed E-state index contributed by atoms with van der Waals surface area (Å²) >= 11 is 0. The fourth-order valence-corrected chi connectivity index (χ4v) is 2.49. The van der Waals surface area contributed by atoms with E-state index < -0.39 is 0 Å². The summed E-state index contributed by atoms with van der Waals surface area (Å²) in [5, 5.41) is 0. The molecule has 6 nitrogen and oxygen atoms in total. The average molecular weight is 285 g/mol. The number of morpholine rings is 1. The van der Waals surface area contributed by atoms with Gasteiger partial charge in [0.05, 0.1) is 12.7 Å². The minimum absolute atomic E-state index is 0.192.